The maximum Gasteiger partial charge on any atom is 0.356 e. The van der Waals surface area contributed by atoms with Crippen LogP contribution in [0.5, 0.6) is 0 Å². The molecule has 0 amide bonds. The Balaban J connectivity index is 1.49. The summed E-state index contributed by atoms with van der Waals surface area (Å²) in [5.41, 5.74) is -0.106. The molecule has 0 bridgehead atoms. The number of rotatable bonds is 8. The lowest BCUT2D eigenvalue weighted by atomic mass is 9.72. The van der Waals surface area contributed by atoms with E-state index in [0.29, 0.717) is 38.9 Å². The van der Waals surface area contributed by atoms with Gasteiger partial charge in [0.2, 0.25) is 0 Å². The molecule has 1 aliphatic rings. The number of carbonyl (C=O) groups is 2. The molecule has 0 spiro atoms. The number of halogens is 2. The second-order valence-electron chi connectivity index (χ2n) is 9.06. The zero-order valence-corrected chi connectivity index (χ0v) is 20.8. The van der Waals surface area contributed by atoms with Crippen LogP contribution in [0.3, 0.4) is 0 Å². The van der Waals surface area contributed by atoms with Crippen LogP contribution in [-0.4, -0.2) is 60.2 Å². The first-order valence-corrected chi connectivity index (χ1v) is 12.0. The van der Waals surface area contributed by atoms with Crippen LogP contribution in [0.2, 0.25) is 0 Å². The van der Waals surface area contributed by atoms with E-state index in [9.17, 15) is 23.2 Å². The Morgan fingerprint density at radius 3 is 2.30 bits per heavy atom. The van der Waals surface area contributed by atoms with Crippen LogP contribution in [0.1, 0.15) is 35.3 Å². The molecule has 37 heavy (non-hydrogen) atoms. The summed E-state index contributed by atoms with van der Waals surface area (Å²) in [7, 11) is 2.58. The van der Waals surface area contributed by atoms with E-state index in [2.05, 4.69) is 9.88 Å². The van der Waals surface area contributed by atoms with Gasteiger partial charge in [-0.05, 0) is 62.7 Å². The lowest BCUT2D eigenvalue weighted by Gasteiger charge is -2.40. The Kier molecular flexibility index (Phi) is 7.87. The standard InChI is InChI=1S/C27H29F2N3O5/c1-36-24(33)22-23(18-9-10-20(28)21(29)17-18)32(26(35)30-22)14-6-13-31-15-11-27(12-16-31,25(34)37-2)19-7-4-3-5-8-19/h3-5,7-10,17H,6,11-16H2,1-2H3,(H,30,35). The number of hydrogen-bond donors (Lipinski definition) is 1. The van der Waals surface area contributed by atoms with Crippen LogP contribution >= 0.6 is 0 Å². The average Bonchev–Trinajstić information content (AvgIpc) is 3.26. The number of piperidine rings is 1. The summed E-state index contributed by atoms with van der Waals surface area (Å²) in [4.78, 5) is 42.4. The van der Waals surface area contributed by atoms with Gasteiger partial charge in [0.15, 0.2) is 17.3 Å². The fourth-order valence-corrected chi connectivity index (χ4v) is 5.05. The van der Waals surface area contributed by atoms with Crippen molar-refractivity contribution < 1.29 is 27.8 Å². The van der Waals surface area contributed by atoms with Crippen LogP contribution in [0, 0.1) is 11.6 Å². The van der Waals surface area contributed by atoms with E-state index in [4.69, 9.17) is 9.47 Å². The van der Waals surface area contributed by atoms with E-state index in [0.717, 1.165) is 17.7 Å². The minimum absolute atomic E-state index is 0.123. The molecule has 1 fully saturated rings. The highest BCUT2D eigenvalue weighted by Crippen LogP contribution is 2.37. The normalized spacial score (nSPS) is 15.4. The maximum absolute atomic E-state index is 14.0. The van der Waals surface area contributed by atoms with Crippen LogP contribution in [0.15, 0.2) is 53.3 Å². The molecule has 10 heteroatoms. The van der Waals surface area contributed by atoms with Gasteiger partial charge in [-0.25, -0.2) is 18.4 Å². The second-order valence-corrected chi connectivity index (χ2v) is 9.06. The highest BCUT2D eigenvalue weighted by molar-refractivity contribution is 5.94. The number of aromatic amines is 1. The van der Waals surface area contributed by atoms with Crippen molar-refractivity contribution in [1.82, 2.24) is 14.5 Å². The molecule has 8 nitrogen and oxygen atoms in total. The van der Waals surface area contributed by atoms with Crippen molar-refractivity contribution >= 4 is 11.9 Å². The van der Waals surface area contributed by atoms with Crippen LogP contribution in [0.25, 0.3) is 11.3 Å². The van der Waals surface area contributed by atoms with E-state index >= 15 is 0 Å². The van der Waals surface area contributed by atoms with Crippen molar-refractivity contribution in [1.29, 1.82) is 0 Å². The van der Waals surface area contributed by atoms with Crippen LogP contribution in [0.4, 0.5) is 8.78 Å². The number of imidazole rings is 1. The van der Waals surface area contributed by atoms with E-state index < -0.39 is 28.7 Å². The van der Waals surface area contributed by atoms with Crippen molar-refractivity contribution in [2.75, 3.05) is 33.9 Å². The smallest absolute Gasteiger partial charge is 0.356 e. The first kappa shape index (κ1) is 26.3. The van der Waals surface area contributed by atoms with E-state index in [1.165, 1.54) is 24.9 Å². The van der Waals surface area contributed by atoms with Gasteiger partial charge >= 0.3 is 17.6 Å². The highest BCUT2D eigenvalue weighted by atomic mass is 19.2. The van der Waals surface area contributed by atoms with Gasteiger partial charge in [-0.3, -0.25) is 14.3 Å². The lowest BCUT2D eigenvalue weighted by molar-refractivity contribution is -0.149. The summed E-state index contributed by atoms with van der Waals surface area (Å²) in [5, 5.41) is 0. The molecule has 2 aromatic carbocycles. The number of aromatic nitrogens is 2. The molecule has 0 atom stereocenters. The summed E-state index contributed by atoms with van der Waals surface area (Å²) in [6.07, 6.45) is 1.74. The third kappa shape index (κ3) is 5.20. The molecule has 196 valence electrons. The van der Waals surface area contributed by atoms with Crippen molar-refractivity contribution in [3.8, 4) is 11.3 Å². The third-order valence-corrected chi connectivity index (χ3v) is 7.03. The molecular formula is C27H29F2N3O5. The fraction of sp³-hybridized carbons (Fsp3) is 0.370. The molecule has 1 aromatic heterocycles. The van der Waals surface area contributed by atoms with Crippen molar-refractivity contribution in [2.45, 2.75) is 31.2 Å². The summed E-state index contributed by atoms with van der Waals surface area (Å²) in [6.45, 7) is 2.19. The Morgan fingerprint density at radius 1 is 0.973 bits per heavy atom. The van der Waals surface area contributed by atoms with Gasteiger partial charge < -0.3 is 14.4 Å². The fourth-order valence-electron chi connectivity index (χ4n) is 5.05. The van der Waals surface area contributed by atoms with E-state index in [-0.39, 0.29) is 29.5 Å². The molecule has 2 heterocycles. The average molecular weight is 514 g/mol. The van der Waals surface area contributed by atoms with Gasteiger partial charge in [0.1, 0.15) is 0 Å². The summed E-state index contributed by atoms with van der Waals surface area (Å²) in [6, 6.07) is 12.8. The number of carbonyl (C=O) groups excluding carboxylic acids is 2. The van der Waals surface area contributed by atoms with Gasteiger partial charge in [0, 0.05) is 12.1 Å². The Morgan fingerprint density at radius 2 is 1.68 bits per heavy atom. The first-order valence-electron chi connectivity index (χ1n) is 12.0. The third-order valence-electron chi connectivity index (χ3n) is 7.03. The number of nitrogens with one attached hydrogen (secondary N) is 1. The van der Waals surface area contributed by atoms with Crippen molar-refractivity contribution in [3.05, 3.63) is 81.9 Å². The zero-order chi connectivity index (χ0) is 26.6. The highest BCUT2D eigenvalue weighted by Gasteiger charge is 2.43. The number of benzene rings is 2. The quantitative estimate of drug-likeness (QED) is 0.464. The first-order chi connectivity index (χ1) is 17.8. The number of ether oxygens (including phenoxy) is 2. The van der Waals surface area contributed by atoms with Gasteiger partial charge in [-0.15, -0.1) is 0 Å². The predicted molar refractivity (Wildman–Crippen MR) is 132 cm³/mol. The molecule has 0 aliphatic carbocycles. The minimum atomic E-state index is -1.09. The van der Waals surface area contributed by atoms with Crippen molar-refractivity contribution in [2.24, 2.45) is 0 Å². The largest absolute Gasteiger partial charge is 0.468 e. The number of H-pyrrole nitrogens is 1. The number of nitrogens with zero attached hydrogens (tertiary/aromatic N) is 2. The molecule has 1 saturated heterocycles. The van der Waals surface area contributed by atoms with Crippen LogP contribution in [-0.2, 0) is 26.2 Å². The Bertz CT molecular complexity index is 1330. The number of esters is 2. The molecule has 1 N–H and O–H groups in total. The molecule has 0 saturated carbocycles. The van der Waals surface area contributed by atoms with Gasteiger partial charge in [-0.2, -0.15) is 0 Å². The van der Waals surface area contributed by atoms with Crippen LogP contribution < -0.4 is 5.69 Å². The molecule has 4 rings (SSSR count). The molecular weight excluding hydrogens is 484 g/mol. The minimum Gasteiger partial charge on any atom is -0.468 e. The molecule has 0 radical (unpaired) electrons. The number of likely N-dealkylation sites (tertiary alicyclic amines) is 1. The predicted octanol–water partition coefficient (Wildman–Crippen LogP) is 3.51. The van der Waals surface area contributed by atoms with Gasteiger partial charge in [-0.1, -0.05) is 30.3 Å². The topological polar surface area (TPSA) is 93.6 Å². The van der Waals surface area contributed by atoms with E-state index in [1.807, 2.05) is 30.3 Å². The number of hydrogen-bond acceptors (Lipinski definition) is 6. The summed E-state index contributed by atoms with van der Waals surface area (Å²) >= 11 is 0. The molecule has 3 aromatic rings. The molecule has 0 unspecified atom stereocenters. The van der Waals surface area contributed by atoms with Gasteiger partial charge in [0.05, 0.1) is 25.3 Å². The van der Waals surface area contributed by atoms with Gasteiger partial charge in [0.25, 0.3) is 0 Å². The second kappa shape index (κ2) is 11.1. The van der Waals surface area contributed by atoms with Crippen molar-refractivity contribution in [3.63, 3.8) is 0 Å². The monoisotopic (exact) mass is 513 g/mol. The Labute approximate surface area is 212 Å². The number of methoxy groups -OCH3 is 2. The Hall–Kier alpha value is -3.79. The van der Waals surface area contributed by atoms with E-state index in [1.54, 1.807) is 0 Å². The SMILES string of the molecule is COC(=O)c1[nH]c(=O)n(CCCN2CCC(C(=O)OC)(c3ccccc3)CC2)c1-c1ccc(F)c(F)c1. The molecule has 1 aliphatic heterocycles. The lowest BCUT2D eigenvalue weighted by Crippen LogP contribution is -2.48. The zero-order valence-electron chi connectivity index (χ0n) is 20.8. The maximum atomic E-state index is 14.0. The summed E-state index contributed by atoms with van der Waals surface area (Å²) in [5.74, 6) is -3.15. The summed E-state index contributed by atoms with van der Waals surface area (Å²) < 4.78 is 38.7.